The van der Waals surface area contributed by atoms with Crippen LogP contribution in [-0.2, 0) is 14.4 Å². The summed E-state index contributed by atoms with van der Waals surface area (Å²) < 4.78 is 0. The van der Waals surface area contributed by atoms with Crippen LogP contribution in [0.2, 0.25) is 0 Å². The van der Waals surface area contributed by atoms with E-state index >= 15 is 0 Å². The number of hydrogen-bond acceptors (Lipinski definition) is 4. The van der Waals surface area contributed by atoms with Crippen molar-refractivity contribution in [1.82, 2.24) is 10.2 Å². The van der Waals surface area contributed by atoms with Crippen LogP contribution in [0.25, 0.3) is 0 Å². The molecule has 0 fully saturated rings. The number of nitrogens with one attached hydrogen (secondary N) is 1. The van der Waals surface area contributed by atoms with Gasteiger partial charge in [0, 0.05) is 7.05 Å². The molecule has 0 bridgehead atoms. The third-order valence-corrected chi connectivity index (χ3v) is 3.36. The Hall–Kier alpha value is -1.63. The molecule has 7 nitrogen and oxygen atoms in total. The number of carbonyl (C=O) groups excluding carboxylic acids is 1. The molecule has 0 saturated heterocycles. The Bertz CT molecular complexity index is 426. The average molecular weight is 288 g/mol. The van der Waals surface area contributed by atoms with Crippen LogP contribution >= 0.6 is 0 Å². The highest BCUT2D eigenvalue weighted by molar-refractivity contribution is 5.92. The summed E-state index contributed by atoms with van der Waals surface area (Å²) in [5.41, 5.74) is -3.92. The first-order valence-corrected chi connectivity index (χ1v) is 6.20. The first-order chi connectivity index (χ1) is 8.66. The number of aliphatic carboxylic acids is 2. The molecule has 1 amide bonds. The summed E-state index contributed by atoms with van der Waals surface area (Å²) in [6, 6.07) is 0. The zero-order chi connectivity index (χ0) is 16.5. The van der Waals surface area contributed by atoms with Crippen molar-refractivity contribution in [2.24, 2.45) is 0 Å². The average Bonchev–Trinajstić information content (AvgIpc) is 2.24. The zero-order valence-electron chi connectivity index (χ0n) is 13.1. The molecule has 116 valence electrons. The first kappa shape index (κ1) is 18.4. The molecule has 0 saturated carbocycles. The lowest BCUT2D eigenvalue weighted by Gasteiger charge is -2.40. The van der Waals surface area contributed by atoms with Crippen molar-refractivity contribution >= 4 is 17.8 Å². The molecule has 0 unspecified atom stereocenters. The second-order valence-corrected chi connectivity index (χ2v) is 6.41. The molecule has 7 heteroatoms. The molecule has 0 atom stereocenters. The van der Waals surface area contributed by atoms with Crippen LogP contribution in [0.1, 0.15) is 41.5 Å². The van der Waals surface area contributed by atoms with Gasteiger partial charge in [0.1, 0.15) is 11.1 Å². The predicted molar refractivity (Wildman–Crippen MR) is 73.4 cm³/mol. The van der Waals surface area contributed by atoms with E-state index in [-0.39, 0.29) is 0 Å². The van der Waals surface area contributed by atoms with Crippen molar-refractivity contribution in [3.8, 4) is 0 Å². The van der Waals surface area contributed by atoms with Gasteiger partial charge >= 0.3 is 11.9 Å². The number of hydrogen-bond donors (Lipinski definition) is 3. The maximum absolute atomic E-state index is 12.4. The van der Waals surface area contributed by atoms with Gasteiger partial charge in [-0.3, -0.25) is 14.9 Å². The van der Waals surface area contributed by atoms with Gasteiger partial charge in [-0.05, 0) is 41.5 Å². The number of nitrogens with zero attached hydrogens (tertiary/aromatic N) is 1. The Morgan fingerprint density at radius 3 is 1.55 bits per heavy atom. The molecule has 0 aromatic carbocycles. The molecule has 0 spiro atoms. The quantitative estimate of drug-likeness (QED) is 0.658. The van der Waals surface area contributed by atoms with Crippen LogP contribution in [0.4, 0.5) is 0 Å². The number of carbonyl (C=O) groups is 3. The molecular formula is C13H24N2O5. The summed E-state index contributed by atoms with van der Waals surface area (Å²) in [4.78, 5) is 35.8. The van der Waals surface area contributed by atoms with Crippen molar-refractivity contribution < 1.29 is 24.6 Å². The van der Waals surface area contributed by atoms with Crippen LogP contribution in [0.15, 0.2) is 0 Å². The van der Waals surface area contributed by atoms with Gasteiger partial charge in [0.2, 0.25) is 5.91 Å². The second-order valence-electron chi connectivity index (χ2n) is 6.41. The van der Waals surface area contributed by atoms with E-state index in [9.17, 15) is 14.4 Å². The Kier molecular flexibility index (Phi) is 4.96. The fourth-order valence-electron chi connectivity index (χ4n) is 1.70. The van der Waals surface area contributed by atoms with Crippen LogP contribution in [0, 0.1) is 0 Å². The van der Waals surface area contributed by atoms with Crippen molar-refractivity contribution in [1.29, 1.82) is 0 Å². The molecule has 0 rings (SSSR count). The molecule has 0 aromatic rings. The third kappa shape index (κ3) is 3.69. The second kappa shape index (κ2) is 5.40. The minimum absolute atomic E-state index is 0.501. The summed E-state index contributed by atoms with van der Waals surface area (Å²) in [5, 5.41) is 21.0. The first-order valence-electron chi connectivity index (χ1n) is 6.20. The van der Waals surface area contributed by atoms with E-state index in [1.165, 1.54) is 48.6 Å². The lowest BCUT2D eigenvalue weighted by molar-refractivity contribution is -0.158. The number of likely N-dealkylation sites (N-methyl/N-ethyl adjacent to an activating group) is 1. The maximum Gasteiger partial charge on any atom is 0.329 e. The Morgan fingerprint density at radius 1 is 0.850 bits per heavy atom. The minimum Gasteiger partial charge on any atom is -0.480 e. The molecule has 0 aliphatic rings. The van der Waals surface area contributed by atoms with Gasteiger partial charge in [-0.2, -0.15) is 0 Å². The van der Waals surface area contributed by atoms with Crippen molar-refractivity contribution in [3.05, 3.63) is 0 Å². The summed E-state index contributed by atoms with van der Waals surface area (Å²) in [5.74, 6) is -2.74. The summed E-state index contributed by atoms with van der Waals surface area (Å²) in [6.45, 7) is 8.74. The van der Waals surface area contributed by atoms with Gasteiger partial charge in [0.25, 0.3) is 0 Å². The van der Waals surface area contributed by atoms with E-state index in [4.69, 9.17) is 10.2 Å². The lowest BCUT2D eigenvalue weighted by Crippen LogP contribution is -2.65. The van der Waals surface area contributed by atoms with Crippen LogP contribution < -0.4 is 5.32 Å². The zero-order valence-corrected chi connectivity index (χ0v) is 13.1. The summed E-state index contributed by atoms with van der Waals surface area (Å²) >= 11 is 0. The highest BCUT2D eigenvalue weighted by Crippen LogP contribution is 2.20. The van der Waals surface area contributed by atoms with Crippen LogP contribution in [0.5, 0.6) is 0 Å². The van der Waals surface area contributed by atoms with E-state index in [0.29, 0.717) is 0 Å². The normalized spacial score (nSPS) is 12.9. The van der Waals surface area contributed by atoms with Gasteiger partial charge in [-0.1, -0.05) is 0 Å². The Labute approximate surface area is 119 Å². The number of amides is 1. The highest BCUT2D eigenvalue weighted by Gasteiger charge is 2.44. The van der Waals surface area contributed by atoms with Crippen LogP contribution in [0.3, 0.4) is 0 Å². The number of carboxylic acid groups (broad SMARTS) is 2. The van der Waals surface area contributed by atoms with E-state index in [2.05, 4.69) is 5.32 Å². The molecular weight excluding hydrogens is 264 g/mol. The van der Waals surface area contributed by atoms with Gasteiger partial charge in [0.15, 0.2) is 0 Å². The summed E-state index contributed by atoms with van der Waals surface area (Å²) in [6.07, 6.45) is 0. The highest BCUT2D eigenvalue weighted by atomic mass is 16.4. The Morgan fingerprint density at radius 2 is 1.25 bits per heavy atom. The molecule has 3 N–H and O–H groups in total. The lowest BCUT2D eigenvalue weighted by atomic mass is 9.93. The number of rotatable bonds is 6. The van der Waals surface area contributed by atoms with Crippen molar-refractivity contribution in [2.45, 2.75) is 58.2 Å². The monoisotopic (exact) mass is 288 g/mol. The minimum atomic E-state index is -1.39. The van der Waals surface area contributed by atoms with Gasteiger partial charge in [-0.25, -0.2) is 4.79 Å². The summed E-state index contributed by atoms with van der Waals surface area (Å²) in [7, 11) is 1.38. The van der Waals surface area contributed by atoms with Gasteiger partial charge in [0.05, 0.1) is 5.54 Å². The number of carboxylic acids is 2. The SMILES string of the molecule is CN(C(=O)C(C)(C)NC(C)(C)C(=O)O)C(C)(C)C(=O)O. The van der Waals surface area contributed by atoms with Crippen molar-refractivity contribution in [3.63, 3.8) is 0 Å². The maximum atomic E-state index is 12.4. The topological polar surface area (TPSA) is 107 Å². The molecule has 0 aliphatic carbocycles. The largest absolute Gasteiger partial charge is 0.480 e. The smallest absolute Gasteiger partial charge is 0.329 e. The fourth-order valence-corrected chi connectivity index (χ4v) is 1.70. The molecule has 0 heterocycles. The molecule has 0 aliphatic heterocycles. The van der Waals surface area contributed by atoms with E-state index in [1.807, 2.05) is 0 Å². The van der Waals surface area contributed by atoms with Crippen molar-refractivity contribution in [2.75, 3.05) is 7.05 Å². The Balaban J connectivity index is 5.28. The van der Waals surface area contributed by atoms with Gasteiger partial charge in [-0.15, -0.1) is 0 Å². The predicted octanol–water partition coefficient (Wildman–Crippen LogP) is 0.539. The molecule has 0 radical (unpaired) electrons. The molecule has 0 aromatic heterocycles. The van der Waals surface area contributed by atoms with E-state index < -0.39 is 34.5 Å². The molecule has 20 heavy (non-hydrogen) atoms. The fraction of sp³-hybridized carbons (Fsp3) is 0.769. The van der Waals surface area contributed by atoms with E-state index in [0.717, 1.165) is 4.90 Å². The third-order valence-electron chi connectivity index (χ3n) is 3.36. The van der Waals surface area contributed by atoms with Gasteiger partial charge < -0.3 is 15.1 Å². The van der Waals surface area contributed by atoms with Crippen LogP contribution in [-0.4, -0.2) is 56.6 Å². The van der Waals surface area contributed by atoms with E-state index in [1.54, 1.807) is 0 Å². The standard InChI is InChI=1S/C13H24N2O5/c1-11(2,14-12(3,4)9(17)18)8(16)15(7)13(5,6)10(19)20/h14H,1-7H3,(H,17,18)(H,19,20).